The van der Waals surface area contributed by atoms with Gasteiger partial charge in [0.2, 0.25) is 0 Å². The molecule has 1 atom stereocenters. The number of nitrogens with two attached hydrogens (primary N) is 1. The van der Waals surface area contributed by atoms with Crippen LogP contribution in [0.3, 0.4) is 0 Å². The number of nitrogens with one attached hydrogen (secondary N) is 1. The predicted molar refractivity (Wildman–Crippen MR) is 56.0 cm³/mol. The van der Waals surface area contributed by atoms with Crippen LogP contribution in [-0.4, -0.2) is 40.5 Å². The summed E-state index contributed by atoms with van der Waals surface area (Å²) in [6.07, 6.45) is 0.479. The highest BCUT2D eigenvalue weighted by Crippen LogP contribution is 2.14. The van der Waals surface area contributed by atoms with Crippen molar-refractivity contribution in [3.05, 3.63) is 18.3 Å². The molecule has 0 aromatic carbocycles. The highest BCUT2D eigenvalue weighted by atomic mass is 16.5. The van der Waals surface area contributed by atoms with Crippen LogP contribution < -0.4 is 15.8 Å². The summed E-state index contributed by atoms with van der Waals surface area (Å²) in [4.78, 5) is 14.4. The van der Waals surface area contributed by atoms with Crippen molar-refractivity contribution in [3.63, 3.8) is 0 Å². The third-order valence-corrected chi connectivity index (χ3v) is 1.64. The lowest BCUT2D eigenvalue weighted by atomic mass is 10.4. The summed E-state index contributed by atoms with van der Waals surface area (Å²) >= 11 is 0. The number of carbonyl (C=O) groups is 1. The molecule has 0 radical (unpaired) electrons. The van der Waals surface area contributed by atoms with Crippen LogP contribution in [-0.2, 0) is 0 Å². The highest BCUT2D eigenvalue weighted by Gasteiger charge is 2.04. The Balaban J connectivity index is 2.56. The predicted octanol–water partition coefficient (Wildman–Crippen LogP) is -0.696. The molecule has 1 rings (SSSR count). The summed E-state index contributed by atoms with van der Waals surface area (Å²) in [6, 6.07) is 2.28. The lowest BCUT2D eigenvalue weighted by Gasteiger charge is -2.10. The molecule has 0 aliphatic rings. The van der Waals surface area contributed by atoms with E-state index >= 15 is 0 Å². The van der Waals surface area contributed by atoms with E-state index in [-0.39, 0.29) is 19.0 Å². The Morgan fingerprint density at radius 1 is 1.69 bits per heavy atom. The molecule has 0 saturated heterocycles. The van der Waals surface area contributed by atoms with Crippen LogP contribution in [0, 0.1) is 0 Å². The summed E-state index contributed by atoms with van der Waals surface area (Å²) < 4.78 is 5.14. The number of aliphatic hydroxyl groups excluding tert-OH is 2. The molecule has 1 heterocycles. The smallest absolute Gasteiger partial charge is 0.317 e. The number of hydrogen-bond donors (Lipinski definition) is 4. The Hall–Kier alpha value is -1.86. The van der Waals surface area contributed by atoms with Crippen molar-refractivity contribution in [2.75, 3.05) is 18.5 Å². The van der Waals surface area contributed by atoms with Crippen LogP contribution in [0.5, 0.6) is 5.75 Å². The van der Waals surface area contributed by atoms with Crippen molar-refractivity contribution in [1.29, 1.82) is 0 Å². The summed E-state index contributed by atoms with van der Waals surface area (Å²) in [7, 11) is 0. The Kier molecular flexibility index (Phi) is 4.49. The molecule has 0 unspecified atom stereocenters. The maximum atomic E-state index is 10.5. The molecule has 16 heavy (non-hydrogen) atoms. The van der Waals surface area contributed by atoms with Crippen molar-refractivity contribution in [2.45, 2.75) is 6.10 Å². The number of pyridine rings is 1. The van der Waals surface area contributed by atoms with Gasteiger partial charge in [-0.05, 0) is 6.07 Å². The van der Waals surface area contributed by atoms with Gasteiger partial charge in [-0.2, -0.15) is 0 Å². The molecule has 0 aliphatic heterocycles. The van der Waals surface area contributed by atoms with Gasteiger partial charge in [-0.3, -0.25) is 5.32 Å². The van der Waals surface area contributed by atoms with E-state index in [1.165, 1.54) is 12.3 Å². The number of primary amides is 1. The Morgan fingerprint density at radius 3 is 3.06 bits per heavy atom. The second-order valence-corrected chi connectivity index (χ2v) is 3.01. The van der Waals surface area contributed by atoms with Gasteiger partial charge in [0.1, 0.15) is 24.3 Å². The van der Waals surface area contributed by atoms with Crippen molar-refractivity contribution >= 4 is 11.8 Å². The Morgan fingerprint density at radius 2 is 2.44 bits per heavy atom. The fourth-order valence-electron chi connectivity index (χ4n) is 0.941. The molecule has 1 aromatic heterocycles. The van der Waals surface area contributed by atoms with Gasteiger partial charge in [0.15, 0.2) is 0 Å². The molecule has 7 heteroatoms. The average molecular weight is 227 g/mol. The Bertz CT molecular complexity index is 358. The van der Waals surface area contributed by atoms with Crippen LogP contribution in [0.1, 0.15) is 0 Å². The van der Waals surface area contributed by atoms with Crippen molar-refractivity contribution in [1.82, 2.24) is 4.98 Å². The van der Waals surface area contributed by atoms with Crippen LogP contribution >= 0.6 is 0 Å². The van der Waals surface area contributed by atoms with E-state index in [1.807, 2.05) is 0 Å². The van der Waals surface area contributed by atoms with Gasteiger partial charge in [-0.15, -0.1) is 0 Å². The monoisotopic (exact) mass is 227 g/mol. The summed E-state index contributed by atoms with van der Waals surface area (Å²) in [5.41, 5.74) is 4.91. The van der Waals surface area contributed by atoms with E-state index in [0.717, 1.165) is 0 Å². The molecule has 0 bridgehead atoms. The van der Waals surface area contributed by atoms with E-state index in [1.54, 1.807) is 6.07 Å². The van der Waals surface area contributed by atoms with Crippen molar-refractivity contribution in [3.8, 4) is 5.75 Å². The van der Waals surface area contributed by atoms with E-state index in [2.05, 4.69) is 10.3 Å². The highest BCUT2D eigenvalue weighted by molar-refractivity contribution is 5.86. The number of aromatic nitrogens is 1. The number of urea groups is 1. The average Bonchev–Trinajstić information content (AvgIpc) is 2.25. The quantitative estimate of drug-likeness (QED) is 0.530. The first-order valence-corrected chi connectivity index (χ1v) is 4.56. The maximum absolute atomic E-state index is 10.5. The van der Waals surface area contributed by atoms with E-state index < -0.39 is 12.1 Å². The molecule has 0 saturated carbocycles. The molecule has 2 amide bonds. The summed E-state index contributed by atoms with van der Waals surface area (Å²) in [5, 5.41) is 19.9. The number of anilines is 1. The van der Waals surface area contributed by atoms with Gasteiger partial charge in [0.25, 0.3) is 0 Å². The van der Waals surface area contributed by atoms with Crippen LogP contribution in [0.15, 0.2) is 18.3 Å². The first-order chi connectivity index (χ1) is 7.61. The number of carbonyl (C=O) groups excluding carboxylic acids is 1. The fourth-order valence-corrected chi connectivity index (χ4v) is 0.941. The third-order valence-electron chi connectivity index (χ3n) is 1.64. The number of hydrogen-bond acceptors (Lipinski definition) is 5. The molecule has 88 valence electrons. The van der Waals surface area contributed by atoms with E-state index in [0.29, 0.717) is 5.75 Å². The van der Waals surface area contributed by atoms with Crippen LogP contribution in [0.25, 0.3) is 0 Å². The number of amides is 2. The van der Waals surface area contributed by atoms with Gasteiger partial charge in [-0.1, -0.05) is 0 Å². The molecule has 7 nitrogen and oxygen atoms in total. The standard InChI is InChI=1S/C9H13N3O4/c10-9(15)12-8-3-7(1-2-11-8)16-5-6(14)4-13/h1-3,6,13-14H,4-5H2,(H3,10,11,12,15)/t6-/m1/s1. The maximum Gasteiger partial charge on any atom is 0.317 e. The number of ether oxygens (including phenoxy) is 1. The molecule has 5 N–H and O–H groups in total. The normalized spacial score (nSPS) is 11.9. The van der Waals surface area contributed by atoms with Crippen molar-refractivity contribution in [2.24, 2.45) is 5.73 Å². The molecule has 1 aromatic rings. The minimum Gasteiger partial charge on any atom is -0.491 e. The van der Waals surface area contributed by atoms with Gasteiger partial charge in [0.05, 0.1) is 6.61 Å². The zero-order valence-electron chi connectivity index (χ0n) is 8.46. The van der Waals surface area contributed by atoms with Gasteiger partial charge < -0.3 is 20.7 Å². The van der Waals surface area contributed by atoms with Crippen LogP contribution in [0.2, 0.25) is 0 Å². The van der Waals surface area contributed by atoms with Crippen molar-refractivity contribution < 1.29 is 19.7 Å². The van der Waals surface area contributed by atoms with Crippen LogP contribution in [0.4, 0.5) is 10.6 Å². The summed E-state index contributed by atoms with van der Waals surface area (Å²) in [5.74, 6) is 0.662. The first kappa shape index (κ1) is 12.2. The summed E-state index contributed by atoms with van der Waals surface area (Å²) in [6.45, 7) is -0.423. The SMILES string of the molecule is NC(=O)Nc1cc(OC[C@H](O)CO)ccn1. The second kappa shape index (κ2) is 5.89. The second-order valence-electron chi connectivity index (χ2n) is 3.01. The zero-order valence-corrected chi connectivity index (χ0v) is 8.46. The lowest BCUT2D eigenvalue weighted by Crippen LogP contribution is -2.22. The third kappa shape index (κ3) is 4.11. The minimum absolute atomic E-state index is 0.0451. The van der Waals surface area contributed by atoms with E-state index in [4.69, 9.17) is 20.7 Å². The van der Waals surface area contributed by atoms with Gasteiger partial charge in [0, 0.05) is 12.3 Å². The molecular formula is C9H13N3O4. The van der Waals surface area contributed by atoms with E-state index in [9.17, 15) is 4.79 Å². The molecule has 0 spiro atoms. The topological polar surface area (TPSA) is 118 Å². The number of nitrogens with zero attached hydrogens (tertiary/aromatic N) is 1. The molecule has 0 fully saturated rings. The number of aliphatic hydroxyl groups is 2. The minimum atomic E-state index is -0.944. The fraction of sp³-hybridized carbons (Fsp3) is 0.333. The first-order valence-electron chi connectivity index (χ1n) is 4.56. The zero-order chi connectivity index (χ0) is 12.0. The van der Waals surface area contributed by atoms with Gasteiger partial charge >= 0.3 is 6.03 Å². The van der Waals surface area contributed by atoms with Gasteiger partial charge in [-0.25, -0.2) is 9.78 Å². The lowest BCUT2D eigenvalue weighted by molar-refractivity contribution is 0.0536. The molecular weight excluding hydrogens is 214 g/mol. The molecule has 0 aliphatic carbocycles. The number of rotatable bonds is 5. The Labute approximate surface area is 91.9 Å². The largest absolute Gasteiger partial charge is 0.491 e.